The van der Waals surface area contributed by atoms with Crippen molar-refractivity contribution in [2.24, 2.45) is 0 Å². The van der Waals surface area contributed by atoms with E-state index in [1.54, 1.807) is 17.6 Å². The number of hydrogen-bond acceptors (Lipinski definition) is 9. The molecule has 58 heavy (non-hydrogen) atoms. The average molecular weight is 844 g/mol. The highest BCUT2D eigenvalue weighted by Crippen LogP contribution is 2.28. The van der Waals surface area contributed by atoms with Gasteiger partial charge >= 0.3 is 0 Å². The highest BCUT2D eigenvalue weighted by atomic mass is 79.9. The Kier molecular flexibility index (Phi) is 12.7. The second kappa shape index (κ2) is 18.4. The Labute approximate surface area is 347 Å². The number of aromatic nitrogens is 6. The number of piperidine rings is 2. The lowest BCUT2D eigenvalue weighted by atomic mass is 10.0. The quantitative estimate of drug-likeness (QED) is 0.130. The molecule has 0 radical (unpaired) electrons. The Bertz CT molecular complexity index is 2410. The number of nitrogens with zero attached hydrogens (tertiary/aromatic N) is 8. The topological polar surface area (TPSA) is 128 Å². The molecule has 12 heteroatoms. The molecule has 0 spiro atoms. The Balaban J connectivity index is 0.000000168. The van der Waals surface area contributed by atoms with Gasteiger partial charge in [0, 0.05) is 80.7 Å². The third-order valence-corrected chi connectivity index (χ3v) is 12.0. The van der Waals surface area contributed by atoms with E-state index < -0.39 is 6.10 Å². The molecule has 11 nitrogen and oxygen atoms in total. The van der Waals surface area contributed by atoms with E-state index in [2.05, 4.69) is 89.4 Å². The molecule has 9 rings (SSSR count). The number of hydrogen-bond donors (Lipinski definition) is 3. The standard InChI is InChI=1S/C27H30N4O2.C19H21BrN4O/c1-19(32)22-3-2-4-23(15-22)26-17-29-31-18-24(16-28-27(26)31)21-7-5-20(6-8-21)9-12-30-13-10-25(33)11-14-30;20-18-12-22-24-13-16(11-21-19(18)24)15-3-1-14(2-4-15)5-8-23-9-6-17(25)7-10-23/h2-8,15-19,25,32-33H,9-14H2,1H3;1-4,11-13,17,25H,5-10H2. The molecule has 1 atom stereocenters. The minimum atomic E-state index is -0.512. The van der Waals surface area contributed by atoms with Gasteiger partial charge in [-0.1, -0.05) is 66.7 Å². The second-order valence-corrected chi connectivity index (χ2v) is 16.5. The van der Waals surface area contributed by atoms with Gasteiger partial charge in [0.2, 0.25) is 0 Å². The van der Waals surface area contributed by atoms with Crippen LogP contribution in [0.4, 0.5) is 0 Å². The van der Waals surface area contributed by atoms with Crippen LogP contribution in [-0.4, -0.2) is 106 Å². The van der Waals surface area contributed by atoms with Crippen LogP contribution in [0.25, 0.3) is 44.7 Å². The monoisotopic (exact) mass is 842 g/mol. The van der Waals surface area contributed by atoms with Crippen LogP contribution in [-0.2, 0) is 12.8 Å². The molecule has 2 aliphatic heterocycles. The van der Waals surface area contributed by atoms with Crippen molar-refractivity contribution in [3.63, 3.8) is 0 Å². The summed E-state index contributed by atoms with van der Waals surface area (Å²) in [6, 6.07) is 25.2. The Morgan fingerprint density at radius 2 is 1.12 bits per heavy atom. The molecule has 4 aromatic heterocycles. The first-order chi connectivity index (χ1) is 28.3. The van der Waals surface area contributed by atoms with E-state index in [4.69, 9.17) is 4.98 Å². The molecular formula is C46H51BrN8O3. The fourth-order valence-corrected chi connectivity index (χ4v) is 8.15. The third-order valence-electron chi connectivity index (χ3n) is 11.5. The minimum absolute atomic E-state index is 0.100. The fourth-order valence-electron chi connectivity index (χ4n) is 7.78. The molecule has 2 saturated heterocycles. The Morgan fingerprint density at radius 3 is 1.66 bits per heavy atom. The normalized spacial score (nSPS) is 16.4. The van der Waals surface area contributed by atoms with Crippen LogP contribution in [0.5, 0.6) is 0 Å². The number of halogens is 1. The van der Waals surface area contributed by atoms with E-state index in [1.165, 1.54) is 11.1 Å². The van der Waals surface area contributed by atoms with Gasteiger partial charge in [-0.3, -0.25) is 0 Å². The lowest BCUT2D eigenvalue weighted by Gasteiger charge is -2.29. The maximum atomic E-state index is 9.90. The van der Waals surface area contributed by atoms with Crippen LogP contribution in [0.2, 0.25) is 0 Å². The summed E-state index contributed by atoms with van der Waals surface area (Å²) in [5.41, 5.74) is 11.4. The molecule has 3 N–H and O–H groups in total. The van der Waals surface area contributed by atoms with Crippen molar-refractivity contribution in [2.75, 3.05) is 39.3 Å². The van der Waals surface area contributed by atoms with Crippen molar-refractivity contribution >= 4 is 27.2 Å². The zero-order chi connectivity index (χ0) is 40.0. The first-order valence-corrected chi connectivity index (χ1v) is 21.1. The van der Waals surface area contributed by atoms with E-state index in [1.807, 2.05) is 59.8 Å². The first-order valence-electron chi connectivity index (χ1n) is 20.4. The molecule has 0 bridgehead atoms. The van der Waals surface area contributed by atoms with Crippen LogP contribution in [0.1, 0.15) is 55.4 Å². The molecule has 7 aromatic rings. The van der Waals surface area contributed by atoms with Gasteiger partial charge in [0.1, 0.15) is 0 Å². The SMILES string of the molecule is CC(O)c1cccc(-c2cnn3cc(-c4ccc(CCN5CCC(O)CC5)cc4)cnc23)c1.OC1CCN(CCc2ccc(-c3cnc4c(Br)cnn4c3)cc2)CC1. The number of likely N-dealkylation sites (tertiary alicyclic amines) is 2. The van der Waals surface area contributed by atoms with E-state index in [0.717, 1.165) is 133 Å². The zero-order valence-corrected chi connectivity index (χ0v) is 34.5. The van der Waals surface area contributed by atoms with E-state index in [0.29, 0.717) is 0 Å². The van der Waals surface area contributed by atoms with Gasteiger partial charge in [0.15, 0.2) is 11.3 Å². The first kappa shape index (κ1) is 40.0. The highest BCUT2D eigenvalue weighted by Gasteiger charge is 2.18. The number of rotatable bonds is 10. The molecule has 6 heterocycles. The largest absolute Gasteiger partial charge is 0.393 e. The molecular weight excluding hydrogens is 792 g/mol. The number of fused-ring (bicyclic) bond motifs is 2. The summed E-state index contributed by atoms with van der Waals surface area (Å²) in [6.45, 7) is 7.84. The van der Waals surface area contributed by atoms with E-state index in [9.17, 15) is 15.3 Å². The smallest absolute Gasteiger partial charge is 0.169 e. The predicted octanol–water partition coefficient (Wildman–Crippen LogP) is 7.27. The van der Waals surface area contributed by atoms with Gasteiger partial charge in [0.05, 0.1) is 35.2 Å². The van der Waals surface area contributed by atoms with Crippen molar-refractivity contribution in [3.05, 3.63) is 131 Å². The molecule has 0 aliphatic carbocycles. The van der Waals surface area contributed by atoms with Gasteiger partial charge in [-0.15, -0.1) is 0 Å². The average Bonchev–Trinajstić information content (AvgIpc) is 3.86. The summed E-state index contributed by atoms with van der Waals surface area (Å²) in [5, 5.41) is 38.0. The summed E-state index contributed by atoms with van der Waals surface area (Å²) in [4.78, 5) is 14.0. The van der Waals surface area contributed by atoms with Crippen LogP contribution >= 0.6 is 15.9 Å². The summed E-state index contributed by atoms with van der Waals surface area (Å²) >= 11 is 3.45. The third kappa shape index (κ3) is 9.71. The number of benzene rings is 3. The maximum absolute atomic E-state index is 9.90. The van der Waals surface area contributed by atoms with Crippen molar-refractivity contribution in [1.29, 1.82) is 0 Å². The zero-order valence-electron chi connectivity index (χ0n) is 32.9. The van der Waals surface area contributed by atoms with E-state index >= 15 is 0 Å². The van der Waals surface area contributed by atoms with Gasteiger partial charge in [-0.2, -0.15) is 10.2 Å². The summed E-state index contributed by atoms with van der Waals surface area (Å²) in [7, 11) is 0. The fraction of sp³-hybridized carbons (Fsp3) is 0.348. The van der Waals surface area contributed by atoms with Crippen molar-refractivity contribution in [3.8, 4) is 33.4 Å². The number of aliphatic hydroxyl groups is 3. The lowest BCUT2D eigenvalue weighted by molar-refractivity contribution is 0.0829. The molecule has 1 unspecified atom stereocenters. The maximum Gasteiger partial charge on any atom is 0.169 e. The molecule has 0 saturated carbocycles. The molecule has 2 aliphatic rings. The van der Waals surface area contributed by atoms with Crippen molar-refractivity contribution in [1.82, 2.24) is 39.0 Å². The summed E-state index contributed by atoms with van der Waals surface area (Å²) in [6.07, 6.45) is 16.3. The van der Waals surface area contributed by atoms with E-state index in [-0.39, 0.29) is 12.2 Å². The minimum Gasteiger partial charge on any atom is -0.393 e. The van der Waals surface area contributed by atoms with Crippen LogP contribution < -0.4 is 0 Å². The van der Waals surface area contributed by atoms with Crippen LogP contribution in [0, 0.1) is 0 Å². The molecule has 300 valence electrons. The molecule has 0 amide bonds. The van der Waals surface area contributed by atoms with Crippen LogP contribution in [0.3, 0.4) is 0 Å². The Morgan fingerprint density at radius 1 is 0.621 bits per heavy atom. The summed E-state index contributed by atoms with van der Waals surface area (Å²) < 4.78 is 4.51. The van der Waals surface area contributed by atoms with Gasteiger partial charge in [-0.05, 0) is 101 Å². The molecule has 3 aromatic carbocycles. The van der Waals surface area contributed by atoms with Gasteiger partial charge in [-0.25, -0.2) is 19.0 Å². The van der Waals surface area contributed by atoms with Crippen molar-refractivity contribution < 1.29 is 15.3 Å². The summed E-state index contributed by atoms with van der Waals surface area (Å²) in [5.74, 6) is 0. The number of aliphatic hydroxyl groups excluding tert-OH is 3. The predicted molar refractivity (Wildman–Crippen MR) is 231 cm³/mol. The van der Waals surface area contributed by atoms with Gasteiger partial charge < -0.3 is 25.1 Å². The van der Waals surface area contributed by atoms with Crippen molar-refractivity contribution in [2.45, 2.75) is 63.8 Å². The molecule has 2 fully saturated rings. The van der Waals surface area contributed by atoms with Crippen LogP contribution in [0.15, 0.2) is 114 Å². The highest BCUT2D eigenvalue weighted by molar-refractivity contribution is 9.10. The second-order valence-electron chi connectivity index (χ2n) is 15.6. The van der Waals surface area contributed by atoms with Gasteiger partial charge in [0.25, 0.3) is 0 Å². The lowest BCUT2D eigenvalue weighted by Crippen LogP contribution is -2.37. The Hall–Kier alpha value is -4.82.